The molecule has 0 atom stereocenters. The molecule has 0 unspecified atom stereocenters. The minimum atomic E-state index is -1.21. The van der Waals surface area contributed by atoms with E-state index in [4.69, 9.17) is 0 Å². The van der Waals surface area contributed by atoms with Gasteiger partial charge in [-0.3, -0.25) is 19.3 Å². The third-order valence-corrected chi connectivity index (χ3v) is 3.13. The zero-order valence-electron chi connectivity index (χ0n) is 11.6. The van der Waals surface area contributed by atoms with Crippen LogP contribution in [0.3, 0.4) is 0 Å². The Hall–Kier alpha value is -2.64. The molecule has 2 rings (SSSR count). The van der Waals surface area contributed by atoms with Crippen LogP contribution in [-0.4, -0.2) is 46.5 Å². The summed E-state index contributed by atoms with van der Waals surface area (Å²) in [5, 5.41) is 0. The van der Waals surface area contributed by atoms with Crippen LogP contribution in [0.2, 0.25) is 0 Å². The van der Waals surface area contributed by atoms with Crippen molar-refractivity contribution in [3.8, 4) is 0 Å². The summed E-state index contributed by atoms with van der Waals surface area (Å²) in [6.45, 7) is 1.09. The van der Waals surface area contributed by atoms with Gasteiger partial charge in [0.1, 0.15) is 0 Å². The van der Waals surface area contributed by atoms with Crippen LogP contribution in [0.5, 0.6) is 0 Å². The first-order valence-electron chi connectivity index (χ1n) is 6.52. The summed E-state index contributed by atoms with van der Waals surface area (Å²) in [5.74, 6) is -5.20. The van der Waals surface area contributed by atoms with E-state index in [0.29, 0.717) is 17.4 Å². The molecule has 0 N–H and O–H groups in total. The second kappa shape index (κ2) is 6.00. The zero-order valence-corrected chi connectivity index (χ0v) is 11.6. The summed E-state index contributed by atoms with van der Waals surface area (Å²) in [5.41, 5.74) is -0.194. The molecule has 1 aromatic carbocycles. The lowest BCUT2D eigenvalue weighted by molar-refractivity contribution is -0.143. The Morgan fingerprint density at radius 2 is 1.68 bits per heavy atom. The number of Topliss-reactive ketones (excluding diaryl/α,β-unsaturated/α-hetero) is 1. The van der Waals surface area contributed by atoms with Crippen molar-refractivity contribution in [1.82, 2.24) is 9.80 Å². The SMILES string of the molecule is CCCN1C(=O)C(=O)N(CC(=O)c2ccc(F)c(F)c2)C1=O. The molecule has 1 saturated heterocycles. The third kappa shape index (κ3) is 2.72. The second-order valence-electron chi connectivity index (χ2n) is 4.68. The predicted molar refractivity (Wildman–Crippen MR) is 69.8 cm³/mol. The lowest BCUT2D eigenvalue weighted by atomic mass is 10.1. The normalized spacial score (nSPS) is 15.0. The molecule has 116 valence electrons. The van der Waals surface area contributed by atoms with Gasteiger partial charge in [0.05, 0.1) is 6.54 Å². The Labute approximate surface area is 124 Å². The molecule has 1 fully saturated rings. The molecule has 0 spiro atoms. The van der Waals surface area contributed by atoms with Crippen molar-refractivity contribution in [1.29, 1.82) is 0 Å². The number of halogens is 2. The molecule has 4 amide bonds. The first-order chi connectivity index (χ1) is 10.4. The van der Waals surface area contributed by atoms with Crippen LogP contribution in [0, 0.1) is 11.6 Å². The first kappa shape index (κ1) is 15.7. The topological polar surface area (TPSA) is 74.8 Å². The highest BCUT2D eigenvalue weighted by Crippen LogP contribution is 2.15. The van der Waals surface area contributed by atoms with Gasteiger partial charge in [-0.2, -0.15) is 0 Å². The number of amides is 4. The first-order valence-corrected chi connectivity index (χ1v) is 6.52. The number of urea groups is 1. The Kier molecular flexibility index (Phi) is 4.30. The number of carbonyl (C=O) groups is 4. The molecule has 0 radical (unpaired) electrons. The third-order valence-electron chi connectivity index (χ3n) is 3.13. The van der Waals surface area contributed by atoms with Gasteiger partial charge in [-0.25, -0.2) is 18.5 Å². The maximum absolute atomic E-state index is 13.1. The molecule has 0 bridgehead atoms. The molecular weight excluding hydrogens is 298 g/mol. The summed E-state index contributed by atoms with van der Waals surface area (Å²) in [7, 11) is 0. The van der Waals surface area contributed by atoms with E-state index >= 15 is 0 Å². The molecule has 1 aliphatic heterocycles. The van der Waals surface area contributed by atoms with E-state index < -0.39 is 41.8 Å². The van der Waals surface area contributed by atoms with E-state index in [-0.39, 0.29) is 12.1 Å². The van der Waals surface area contributed by atoms with Crippen LogP contribution >= 0.6 is 0 Å². The van der Waals surface area contributed by atoms with Crippen molar-refractivity contribution in [3.63, 3.8) is 0 Å². The molecule has 1 heterocycles. The molecule has 1 aliphatic rings. The van der Waals surface area contributed by atoms with E-state index in [1.54, 1.807) is 6.92 Å². The van der Waals surface area contributed by atoms with Crippen molar-refractivity contribution < 1.29 is 28.0 Å². The number of hydrogen-bond acceptors (Lipinski definition) is 4. The quantitative estimate of drug-likeness (QED) is 0.467. The van der Waals surface area contributed by atoms with E-state index in [1.165, 1.54) is 0 Å². The minimum absolute atomic E-state index is 0.0687. The summed E-state index contributed by atoms with van der Waals surface area (Å²) in [6.07, 6.45) is 0.468. The Balaban J connectivity index is 2.17. The molecule has 8 heteroatoms. The van der Waals surface area contributed by atoms with Crippen molar-refractivity contribution in [3.05, 3.63) is 35.4 Å². The van der Waals surface area contributed by atoms with Gasteiger partial charge in [-0.1, -0.05) is 6.92 Å². The van der Waals surface area contributed by atoms with Gasteiger partial charge in [0.2, 0.25) is 0 Å². The molecule has 6 nitrogen and oxygen atoms in total. The predicted octanol–water partition coefficient (Wildman–Crippen LogP) is 1.35. The molecule has 0 saturated carbocycles. The Morgan fingerprint density at radius 3 is 2.27 bits per heavy atom. The van der Waals surface area contributed by atoms with E-state index in [2.05, 4.69) is 0 Å². The highest BCUT2D eigenvalue weighted by atomic mass is 19.2. The van der Waals surface area contributed by atoms with Gasteiger partial charge in [-0.05, 0) is 24.6 Å². The smallest absolute Gasteiger partial charge is 0.292 e. The molecule has 0 aliphatic carbocycles. The van der Waals surface area contributed by atoms with Gasteiger partial charge in [0.25, 0.3) is 0 Å². The second-order valence-corrected chi connectivity index (χ2v) is 4.68. The Bertz CT molecular complexity index is 675. The van der Waals surface area contributed by atoms with Crippen LogP contribution in [0.1, 0.15) is 23.7 Å². The number of imide groups is 2. The molecule has 22 heavy (non-hydrogen) atoms. The number of ketones is 1. The maximum atomic E-state index is 13.1. The highest BCUT2D eigenvalue weighted by Gasteiger charge is 2.44. The van der Waals surface area contributed by atoms with E-state index in [0.717, 1.165) is 17.0 Å². The number of hydrogen-bond donors (Lipinski definition) is 0. The summed E-state index contributed by atoms with van der Waals surface area (Å²) >= 11 is 0. The number of rotatable bonds is 5. The van der Waals surface area contributed by atoms with Crippen LogP contribution in [0.4, 0.5) is 13.6 Å². The van der Waals surface area contributed by atoms with Gasteiger partial charge < -0.3 is 0 Å². The number of benzene rings is 1. The van der Waals surface area contributed by atoms with Crippen molar-refractivity contribution >= 4 is 23.6 Å². The fourth-order valence-corrected chi connectivity index (χ4v) is 2.02. The Morgan fingerprint density at radius 1 is 1.05 bits per heavy atom. The molecule has 0 aromatic heterocycles. The van der Waals surface area contributed by atoms with Gasteiger partial charge in [0.15, 0.2) is 17.4 Å². The van der Waals surface area contributed by atoms with Crippen LogP contribution in [0.15, 0.2) is 18.2 Å². The fourth-order valence-electron chi connectivity index (χ4n) is 2.02. The summed E-state index contributed by atoms with van der Waals surface area (Å²) in [6, 6.07) is 1.60. The van der Waals surface area contributed by atoms with Crippen molar-refractivity contribution in [2.24, 2.45) is 0 Å². The lowest BCUT2D eigenvalue weighted by Gasteiger charge is -2.14. The van der Waals surface area contributed by atoms with Crippen molar-refractivity contribution in [2.45, 2.75) is 13.3 Å². The van der Waals surface area contributed by atoms with Crippen LogP contribution < -0.4 is 0 Å². The van der Waals surface area contributed by atoms with Crippen LogP contribution in [0.25, 0.3) is 0 Å². The van der Waals surface area contributed by atoms with Crippen molar-refractivity contribution in [2.75, 3.05) is 13.1 Å². The van der Waals surface area contributed by atoms with Gasteiger partial charge >= 0.3 is 17.8 Å². The molecular formula is C14H12F2N2O4. The summed E-state index contributed by atoms with van der Waals surface area (Å²) < 4.78 is 25.9. The summed E-state index contributed by atoms with van der Waals surface area (Å²) in [4.78, 5) is 48.5. The zero-order chi connectivity index (χ0) is 16.4. The van der Waals surface area contributed by atoms with E-state index in [9.17, 15) is 28.0 Å². The number of nitrogens with zero attached hydrogens (tertiary/aromatic N) is 2. The van der Waals surface area contributed by atoms with Gasteiger partial charge in [-0.15, -0.1) is 0 Å². The molecule has 1 aromatic rings. The average Bonchev–Trinajstić information content (AvgIpc) is 2.68. The average molecular weight is 310 g/mol. The monoisotopic (exact) mass is 310 g/mol. The minimum Gasteiger partial charge on any atom is -0.292 e. The van der Waals surface area contributed by atoms with Crippen LogP contribution in [-0.2, 0) is 9.59 Å². The highest BCUT2D eigenvalue weighted by molar-refractivity contribution is 6.45. The van der Waals surface area contributed by atoms with Gasteiger partial charge in [0, 0.05) is 12.1 Å². The largest absolute Gasteiger partial charge is 0.334 e. The standard InChI is InChI=1S/C14H12F2N2O4/c1-2-5-17-12(20)13(21)18(14(17)22)7-11(19)8-3-4-9(15)10(16)6-8/h3-4,6H,2,5,7H2,1H3. The lowest BCUT2D eigenvalue weighted by Crippen LogP contribution is -2.37. The number of carbonyl (C=O) groups excluding carboxylic acids is 4. The maximum Gasteiger partial charge on any atom is 0.334 e. The fraction of sp³-hybridized carbons (Fsp3) is 0.286. The van der Waals surface area contributed by atoms with E-state index in [1.807, 2.05) is 0 Å².